The Bertz CT molecular complexity index is 1570. The molecule has 5 aromatic rings. The van der Waals surface area contributed by atoms with Gasteiger partial charge in [0.25, 0.3) is 0 Å². The third kappa shape index (κ3) is 3.99. The summed E-state index contributed by atoms with van der Waals surface area (Å²) < 4.78 is 48.3. The Balaban J connectivity index is 1.77. The fourth-order valence-electron chi connectivity index (χ4n) is 4.59. The van der Waals surface area contributed by atoms with Gasteiger partial charge in [-0.25, -0.2) is 0 Å². The number of ether oxygens (including phenoxy) is 1. The Kier molecular flexibility index (Phi) is 5.47. The van der Waals surface area contributed by atoms with Gasteiger partial charge < -0.3 is 15.0 Å². The zero-order chi connectivity index (χ0) is 24.7. The van der Waals surface area contributed by atoms with Crippen LogP contribution in [-0.4, -0.2) is 17.6 Å². The highest BCUT2D eigenvalue weighted by molar-refractivity contribution is 6.18. The van der Waals surface area contributed by atoms with Gasteiger partial charge in [0.2, 0.25) is 5.91 Å². The monoisotopic (exact) mass is 474 g/mol. The first kappa shape index (κ1) is 22.5. The summed E-state index contributed by atoms with van der Waals surface area (Å²) in [7, 11) is 1.59. The third-order valence-corrected chi connectivity index (χ3v) is 6.23. The van der Waals surface area contributed by atoms with Crippen molar-refractivity contribution >= 4 is 27.7 Å². The number of alkyl halides is 3. The lowest BCUT2D eigenvalue weighted by molar-refractivity contribution is -0.138. The second kappa shape index (κ2) is 8.51. The molecule has 0 aliphatic heterocycles. The van der Waals surface area contributed by atoms with Crippen LogP contribution >= 0.6 is 0 Å². The highest BCUT2D eigenvalue weighted by Gasteiger charge is 2.33. The Morgan fingerprint density at radius 2 is 1.60 bits per heavy atom. The standard InChI is InChI=1S/C28H21F3N2O2/c1-35-20-12-9-17(10-13-20)18-11-14-21-25(15-18)33(24-8-4-6-22(26(21)24)27(32)34)16-19-5-2-3-7-23(19)28(29,30)31/h2-15H,16H2,1H3,(H2,32,34). The van der Waals surface area contributed by atoms with Gasteiger partial charge in [-0.15, -0.1) is 0 Å². The molecule has 4 aromatic carbocycles. The van der Waals surface area contributed by atoms with Crippen molar-refractivity contribution in [2.24, 2.45) is 5.73 Å². The van der Waals surface area contributed by atoms with Crippen LogP contribution in [0.1, 0.15) is 21.5 Å². The van der Waals surface area contributed by atoms with Crippen LogP contribution in [0.15, 0.2) is 84.9 Å². The van der Waals surface area contributed by atoms with Crippen LogP contribution in [-0.2, 0) is 12.7 Å². The van der Waals surface area contributed by atoms with Crippen molar-refractivity contribution in [2.45, 2.75) is 12.7 Å². The maximum atomic E-state index is 13.7. The maximum Gasteiger partial charge on any atom is 0.416 e. The first-order chi connectivity index (χ1) is 16.8. The SMILES string of the molecule is COc1ccc(-c2ccc3c4c(C(N)=O)cccc4n(Cc4ccccc4C(F)(F)F)c3c2)cc1. The van der Waals surface area contributed by atoms with Gasteiger partial charge in [-0.05, 0) is 53.1 Å². The summed E-state index contributed by atoms with van der Waals surface area (Å²) in [6.45, 7) is -0.0238. The minimum absolute atomic E-state index is 0.0238. The largest absolute Gasteiger partial charge is 0.497 e. The predicted octanol–water partition coefficient (Wildman–Crippen LogP) is 6.64. The predicted molar refractivity (Wildman–Crippen MR) is 130 cm³/mol. The summed E-state index contributed by atoms with van der Waals surface area (Å²) in [5, 5.41) is 1.37. The number of methoxy groups -OCH3 is 1. The smallest absolute Gasteiger partial charge is 0.416 e. The molecule has 7 heteroatoms. The number of fused-ring (bicyclic) bond motifs is 3. The third-order valence-electron chi connectivity index (χ3n) is 6.23. The van der Waals surface area contributed by atoms with Gasteiger partial charge in [0.15, 0.2) is 0 Å². The molecule has 35 heavy (non-hydrogen) atoms. The van der Waals surface area contributed by atoms with E-state index in [9.17, 15) is 18.0 Å². The minimum atomic E-state index is -4.48. The Morgan fingerprint density at radius 3 is 2.29 bits per heavy atom. The van der Waals surface area contributed by atoms with Crippen molar-refractivity contribution in [1.29, 1.82) is 0 Å². The minimum Gasteiger partial charge on any atom is -0.497 e. The van der Waals surface area contributed by atoms with E-state index in [1.54, 1.807) is 31.4 Å². The molecule has 0 radical (unpaired) electrons. The van der Waals surface area contributed by atoms with Crippen molar-refractivity contribution in [3.63, 3.8) is 0 Å². The number of nitrogens with two attached hydrogens (primary N) is 1. The summed E-state index contributed by atoms with van der Waals surface area (Å²) >= 11 is 0. The van der Waals surface area contributed by atoms with Crippen molar-refractivity contribution in [2.75, 3.05) is 7.11 Å². The average Bonchev–Trinajstić information content (AvgIpc) is 3.16. The van der Waals surface area contributed by atoms with E-state index in [-0.39, 0.29) is 12.1 Å². The molecule has 1 aromatic heterocycles. The number of carbonyl (C=O) groups excluding carboxylic acids is 1. The number of nitrogens with zero attached hydrogens (tertiary/aromatic N) is 1. The van der Waals surface area contributed by atoms with E-state index in [0.717, 1.165) is 28.3 Å². The lowest BCUT2D eigenvalue weighted by Gasteiger charge is -2.15. The zero-order valence-electron chi connectivity index (χ0n) is 18.8. The molecular formula is C28H21F3N2O2. The molecule has 0 saturated carbocycles. The number of amides is 1. The lowest BCUT2D eigenvalue weighted by atomic mass is 10.0. The number of rotatable bonds is 5. The van der Waals surface area contributed by atoms with Gasteiger partial charge in [0.1, 0.15) is 5.75 Å². The molecule has 2 N–H and O–H groups in total. The summed E-state index contributed by atoms with van der Waals surface area (Å²) in [6, 6.07) is 23.9. The number of benzene rings is 4. The highest BCUT2D eigenvalue weighted by atomic mass is 19.4. The van der Waals surface area contributed by atoms with Crippen molar-refractivity contribution in [3.05, 3.63) is 102 Å². The topological polar surface area (TPSA) is 57.2 Å². The summed E-state index contributed by atoms with van der Waals surface area (Å²) in [4.78, 5) is 12.2. The highest BCUT2D eigenvalue weighted by Crippen LogP contribution is 2.37. The molecule has 0 aliphatic carbocycles. The molecule has 0 saturated heterocycles. The maximum absolute atomic E-state index is 13.7. The molecule has 0 aliphatic rings. The Morgan fingerprint density at radius 1 is 0.886 bits per heavy atom. The second-order valence-electron chi connectivity index (χ2n) is 8.27. The van der Waals surface area contributed by atoms with Crippen molar-refractivity contribution in [1.82, 2.24) is 4.57 Å². The molecule has 0 bridgehead atoms. The van der Waals surface area contributed by atoms with Gasteiger partial charge in [0, 0.05) is 22.9 Å². The van der Waals surface area contributed by atoms with Gasteiger partial charge in [0.05, 0.1) is 23.7 Å². The number of carbonyl (C=O) groups is 1. The van der Waals surface area contributed by atoms with Gasteiger partial charge in [-0.3, -0.25) is 4.79 Å². The van der Waals surface area contributed by atoms with E-state index in [1.807, 2.05) is 47.0 Å². The van der Waals surface area contributed by atoms with Crippen LogP contribution in [0.2, 0.25) is 0 Å². The number of halogens is 3. The molecule has 0 spiro atoms. The van der Waals surface area contributed by atoms with Crippen LogP contribution in [0.3, 0.4) is 0 Å². The number of primary amides is 1. The van der Waals surface area contributed by atoms with E-state index >= 15 is 0 Å². The Labute approximate surface area is 199 Å². The summed E-state index contributed by atoms with van der Waals surface area (Å²) in [5.41, 5.74) is 8.59. The van der Waals surface area contributed by atoms with Gasteiger partial charge in [-0.2, -0.15) is 13.2 Å². The molecule has 0 unspecified atom stereocenters. The Hall–Kier alpha value is -4.26. The number of aromatic nitrogens is 1. The van der Waals surface area contributed by atoms with Crippen LogP contribution < -0.4 is 10.5 Å². The molecule has 1 heterocycles. The molecule has 0 fully saturated rings. The molecule has 5 rings (SSSR count). The number of hydrogen-bond donors (Lipinski definition) is 1. The van der Waals surface area contributed by atoms with E-state index < -0.39 is 17.6 Å². The average molecular weight is 474 g/mol. The van der Waals surface area contributed by atoms with Gasteiger partial charge >= 0.3 is 6.18 Å². The van der Waals surface area contributed by atoms with E-state index in [4.69, 9.17) is 10.5 Å². The van der Waals surface area contributed by atoms with Crippen molar-refractivity contribution in [3.8, 4) is 16.9 Å². The first-order valence-corrected chi connectivity index (χ1v) is 10.9. The molecule has 0 atom stereocenters. The van der Waals surface area contributed by atoms with Crippen LogP contribution in [0, 0.1) is 0 Å². The fourth-order valence-corrected chi connectivity index (χ4v) is 4.59. The van der Waals surface area contributed by atoms with Crippen LogP contribution in [0.5, 0.6) is 5.75 Å². The first-order valence-electron chi connectivity index (χ1n) is 10.9. The summed E-state index contributed by atoms with van der Waals surface area (Å²) in [5.74, 6) is 0.128. The lowest BCUT2D eigenvalue weighted by Crippen LogP contribution is -2.12. The van der Waals surface area contributed by atoms with E-state index in [2.05, 4.69) is 0 Å². The van der Waals surface area contributed by atoms with Crippen molar-refractivity contribution < 1.29 is 22.7 Å². The van der Waals surface area contributed by atoms with Gasteiger partial charge in [-0.1, -0.05) is 48.5 Å². The fraction of sp³-hybridized carbons (Fsp3) is 0.107. The molecule has 4 nitrogen and oxygen atoms in total. The van der Waals surface area contributed by atoms with E-state index in [0.29, 0.717) is 22.0 Å². The normalized spacial score (nSPS) is 11.8. The molecular weight excluding hydrogens is 453 g/mol. The summed E-state index contributed by atoms with van der Waals surface area (Å²) in [6.07, 6.45) is -4.48. The van der Waals surface area contributed by atoms with Crippen LogP contribution in [0.4, 0.5) is 13.2 Å². The molecule has 176 valence electrons. The van der Waals surface area contributed by atoms with Crippen LogP contribution in [0.25, 0.3) is 32.9 Å². The zero-order valence-corrected chi connectivity index (χ0v) is 18.8. The van der Waals surface area contributed by atoms with E-state index in [1.165, 1.54) is 12.1 Å². The second-order valence-corrected chi connectivity index (χ2v) is 8.27. The quantitative estimate of drug-likeness (QED) is 0.311. The molecule has 1 amide bonds. The number of hydrogen-bond acceptors (Lipinski definition) is 2.